The zero-order valence-corrected chi connectivity index (χ0v) is 15.3. The topological polar surface area (TPSA) is 73.1 Å². The highest BCUT2D eigenvalue weighted by Crippen LogP contribution is 2.30. The summed E-state index contributed by atoms with van der Waals surface area (Å²) in [6.07, 6.45) is 1.40. The molecule has 3 N–H and O–H groups in total. The molecular formula is C20H16ClFN4O. The van der Waals surface area contributed by atoms with E-state index in [-0.39, 0.29) is 11.1 Å². The van der Waals surface area contributed by atoms with E-state index in [0.29, 0.717) is 46.2 Å². The number of hydrogen-bond donors (Lipinski definition) is 2. The SMILES string of the molecule is CC1(C#Cc2cc3ncnc(Nc4cc(Cl)ccc4F)c3cc2N)COC1. The third-order valence-electron chi connectivity index (χ3n) is 4.33. The quantitative estimate of drug-likeness (QED) is 0.515. The Hall–Kier alpha value is -2.88. The Morgan fingerprint density at radius 2 is 2.07 bits per heavy atom. The molecule has 1 aliphatic rings. The van der Waals surface area contributed by atoms with Gasteiger partial charge in [0.1, 0.15) is 18.0 Å². The van der Waals surface area contributed by atoms with Crippen molar-refractivity contribution in [3.05, 3.63) is 53.1 Å². The molecule has 27 heavy (non-hydrogen) atoms. The predicted molar refractivity (Wildman–Crippen MR) is 104 cm³/mol. The Labute approximate surface area is 160 Å². The molecule has 2 heterocycles. The molecule has 0 atom stereocenters. The number of fused-ring (bicyclic) bond motifs is 1. The van der Waals surface area contributed by atoms with Crippen LogP contribution in [0.25, 0.3) is 10.9 Å². The molecule has 0 bridgehead atoms. The summed E-state index contributed by atoms with van der Waals surface area (Å²) in [5, 5.41) is 4.04. The maximum absolute atomic E-state index is 14.0. The van der Waals surface area contributed by atoms with Crippen molar-refractivity contribution in [2.45, 2.75) is 6.92 Å². The van der Waals surface area contributed by atoms with E-state index in [4.69, 9.17) is 22.1 Å². The van der Waals surface area contributed by atoms with Crippen molar-refractivity contribution in [2.24, 2.45) is 5.41 Å². The molecule has 1 saturated heterocycles. The Kier molecular flexibility index (Phi) is 4.34. The summed E-state index contributed by atoms with van der Waals surface area (Å²) in [7, 11) is 0. The fourth-order valence-corrected chi connectivity index (χ4v) is 2.92. The molecule has 5 nitrogen and oxygen atoms in total. The Morgan fingerprint density at radius 1 is 1.26 bits per heavy atom. The van der Waals surface area contributed by atoms with Gasteiger partial charge in [-0.2, -0.15) is 0 Å². The van der Waals surface area contributed by atoms with Gasteiger partial charge in [-0.05, 0) is 37.3 Å². The van der Waals surface area contributed by atoms with E-state index in [0.717, 1.165) is 0 Å². The number of benzene rings is 2. The van der Waals surface area contributed by atoms with E-state index >= 15 is 0 Å². The van der Waals surface area contributed by atoms with E-state index in [2.05, 4.69) is 27.1 Å². The smallest absolute Gasteiger partial charge is 0.146 e. The number of rotatable bonds is 2. The number of nitrogen functional groups attached to an aromatic ring is 1. The number of halogens is 2. The predicted octanol–water partition coefficient (Wildman–Crippen LogP) is 4.14. The molecule has 2 aromatic carbocycles. The number of anilines is 3. The van der Waals surface area contributed by atoms with Crippen LogP contribution in [0, 0.1) is 23.1 Å². The first-order chi connectivity index (χ1) is 12.9. The molecule has 7 heteroatoms. The Bertz CT molecular complexity index is 1100. The number of nitrogens with zero attached hydrogens (tertiary/aromatic N) is 2. The van der Waals surface area contributed by atoms with Crippen LogP contribution in [0.4, 0.5) is 21.6 Å². The minimum atomic E-state index is -0.433. The highest BCUT2D eigenvalue weighted by molar-refractivity contribution is 6.30. The van der Waals surface area contributed by atoms with Gasteiger partial charge in [0.05, 0.1) is 29.8 Å². The van der Waals surface area contributed by atoms with Gasteiger partial charge < -0.3 is 15.8 Å². The average molecular weight is 383 g/mol. The minimum Gasteiger partial charge on any atom is -0.398 e. The average Bonchev–Trinajstić information content (AvgIpc) is 2.62. The lowest BCUT2D eigenvalue weighted by atomic mass is 9.89. The second kappa shape index (κ2) is 6.69. The van der Waals surface area contributed by atoms with Crippen LogP contribution in [0.2, 0.25) is 5.02 Å². The van der Waals surface area contributed by atoms with E-state index in [1.807, 2.05) is 13.0 Å². The van der Waals surface area contributed by atoms with Crippen LogP contribution in [0.5, 0.6) is 0 Å². The molecule has 1 aromatic heterocycles. The van der Waals surface area contributed by atoms with Gasteiger partial charge in [-0.25, -0.2) is 14.4 Å². The normalized spacial score (nSPS) is 14.9. The largest absolute Gasteiger partial charge is 0.398 e. The first-order valence-electron chi connectivity index (χ1n) is 8.31. The lowest BCUT2D eigenvalue weighted by Gasteiger charge is -2.32. The van der Waals surface area contributed by atoms with Crippen LogP contribution in [0.15, 0.2) is 36.7 Å². The molecule has 136 valence electrons. The van der Waals surface area contributed by atoms with Crippen molar-refractivity contribution >= 4 is 39.7 Å². The van der Waals surface area contributed by atoms with Crippen molar-refractivity contribution < 1.29 is 9.13 Å². The Balaban J connectivity index is 1.73. The lowest BCUT2D eigenvalue weighted by Crippen LogP contribution is -2.38. The highest BCUT2D eigenvalue weighted by atomic mass is 35.5. The first-order valence-corrected chi connectivity index (χ1v) is 8.69. The van der Waals surface area contributed by atoms with Crippen molar-refractivity contribution in [3.8, 4) is 11.8 Å². The van der Waals surface area contributed by atoms with Crippen LogP contribution >= 0.6 is 11.6 Å². The van der Waals surface area contributed by atoms with Gasteiger partial charge >= 0.3 is 0 Å². The van der Waals surface area contributed by atoms with Crippen molar-refractivity contribution in [3.63, 3.8) is 0 Å². The zero-order valence-electron chi connectivity index (χ0n) is 14.5. The summed E-state index contributed by atoms with van der Waals surface area (Å²) in [5.74, 6) is 6.33. The minimum absolute atomic E-state index is 0.135. The van der Waals surface area contributed by atoms with Crippen LogP contribution in [-0.4, -0.2) is 23.2 Å². The molecule has 0 amide bonds. The summed E-state index contributed by atoms with van der Waals surface area (Å²) in [5.41, 5.74) is 8.12. The van der Waals surface area contributed by atoms with Gasteiger partial charge in [0, 0.05) is 21.7 Å². The third-order valence-corrected chi connectivity index (χ3v) is 4.56. The summed E-state index contributed by atoms with van der Waals surface area (Å²) < 4.78 is 19.2. The second-order valence-corrected chi connectivity index (χ2v) is 7.17. The Morgan fingerprint density at radius 3 is 2.81 bits per heavy atom. The fourth-order valence-electron chi connectivity index (χ4n) is 2.75. The monoisotopic (exact) mass is 382 g/mol. The summed E-state index contributed by atoms with van der Waals surface area (Å²) in [4.78, 5) is 8.50. The summed E-state index contributed by atoms with van der Waals surface area (Å²) in [6, 6.07) is 7.82. The molecule has 0 radical (unpaired) electrons. The number of aromatic nitrogens is 2. The van der Waals surface area contributed by atoms with E-state index in [1.165, 1.54) is 24.5 Å². The number of hydrogen-bond acceptors (Lipinski definition) is 5. The van der Waals surface area contributed by atoms with E-state index < -0.39 is 5.82 Å². The summed E-state index contributed by atoms with van der Waals surface area (Å²) >= 11 is 5.95. The second-order valence-electron chi connectivity index (χ2n) is 6.73. The molecule has 1 aliphatic heterocycles. The molecule has 0 spiro atoms. The molecular weight excluding hydrogens is 367 g/mol. The maximum Gasteiger partial charge on any atom is 0.146 e. The lowest BCUT2D eigenvalue weighted by molar-refractivity contribution is -0.0648. The van der Waals surface area contributed by atoms with Crippen LogP contribution in [0.1, 0.15) is 12.5 Å². The number of nitrogens with two attached hydrogens (primary N) is 1. The molecule has 0 unspecified atom stereocenters. The number of nitrogens with one attached hydrogen (secondary N) is 1. The van der Waals surface area contributed by atoms with Crippen LogP contribution < -0.4 is 11.1 Å². The standard InChI is InChI=1S/C20H16ClFN4O/c1-20(9-27-10-20)5-4-12-6-17-14(8-16(12)23)19(25-11-24-17)26-18-7-13(21)2-3-15(18)22/h2-3,6-8,11H,9-10,23H2,1H3,(H,24,25,26). The summed E-state index contributed by atoms with van der Waals surface area (Å²) in [6.45, 7) is 3.29. The maximum atomic E-state index is 14.0. The van der Waals surface area contributed by atoms with Crippen molar-refractivity contribution in [2.75, 3.05) is 24.3 Å². The number of ether oxygens (including phenoxy) is 1. The van der Waals surface area contributed by atoms with Crippen molar-refractivity contribution in [1.82, 2.24) is 9.97 Å². The molecule has 1 fully saturated rings. The van der Waals surface area contributed by atoms with Gasteiger partial charge in [0.15, 0.2) is 0 Å². The van der Waals surface area contributed by atoms with Gasteiger partial charge in [-0.1, -0.05) is 23.4 Å². The molecule has 4 rings (SSSR count). The molecule has 3 aromatic rings. The van der Waals surface area contributed by atoms with Crippen molar-refractivity contribution in [1.29, 1.82) is 0 Å². The third kappa shape index (κ3) is 3.52. The molecule has 0 saturated carbocycles. The van der Waals surface area contributed by atoms with Gasteiger partial charge in [-0.15, -0.1) is 0 Å². The van der Waals surface area contributed by atoms with E-state index in [1.54, 1.807) is 6.07 Å². The van der Waals surface area contributed by atoms with Gasteiger partial charge in [0.2, 0.25) is 0 Å². The molecule has 0 aliphatic carbocycles. The zero-order chi connectivity index (χ0) is 19.0. The highest BCUT2D eigenvalue weighted by Gasteiger charge is 2.31. The van der Waals surface area contributed by atoms with Gasteiger partial charge in [-0.3, -0.25) is 0 Å². The fraction of sp³-hybridized carbons (Fsp3) is 0.200. The van der Waals surface area contributed by atoms with E-state index in [9.17, 15) is 4.39 Å². The van der Waals surface area contributed by atoms with Gasteiger partial charge in [0.25, 0.3) is 0 Å². The first kappa shape index (κ1) is 17.5. The van der Waals surface area contributed by atoms with Crippen LogP contribution in [-0.2, 0) is 4.74 Å². The van der Waals surface area contributed by atoms with Crippen LogP contribution in [0.3, 0.4) is 0 Å².